The lowest BCUT2D eigenvalue weighted by molar-refractivity contribution is -0.134. The monoisotopic (exact) mass is 505 g/mol. The zero-order chi connectivity index (χ0) is 26.4. The second-order valence-electron chi connectivity index (χ2n) is 11.3. The van der Waals surface area contributed by atoms with Crippen LogP contribution < -0.4 is 11.1 Å². The predicted molar refractivity (Wildman–Crippen MR) is 146 cm³/mol. The first-order chi connectivity index (χ1) is 17.9. The summed E-state index contributed by atoms with van der Waals surface area (Å²) < 4.78 is 2.17. The molecule has 0 radical (unpaired) electrons. The van der Waals surface area contributed by atoms with E-state index < -0.39 is 17.7 Å². The number of hydrogen-bond donors (Lipinski definition) is 2. The Labute approximate surface area is 221 Å². The van der Waals surface area contributed by atoms with Crippen LogP contribution in [0.15, 0.2) is 36.9 Å². The minimum Gasteiger partial charge on any atom is -0.369 e. The first kappa shape index (κ1) is 27.1. The summed E-state index contributed by atoms with van der Waals surface area (Å²) in [4.78, 5) is 25.8. The molecule has 1 fully saturated rings. The van der Waals surface area contributed by atoms with E-state index in [4.69, 9.17) is 5.73 Å². The van der Waals surface area contributed by atoms with Crippen LogP contribution in [-0.4, -0.2) is 26.6 Å². The third-order valence-corrected chi connectivity index (χ3v) is 8.11. The second kappa shape index (κ2) is 12.5. The van der Waals surface area contributed by atoms with Gasteiger partial charge >= 0.3 is 0 Å². The van der Waals surface area contributed by atoms with Crippen LogP contribution in [0.2, 0.25) is 0 Å². The Morgan fingerprint density at radius 3 is 2.41 bits per heavy atom. The fraction of sp³-hybridized carbons (Fsp3) is 0.600. The molecule has 7 nitrogen and oxygen atoms in total. The Bertz CT molecular complexity index is 1070. The first-order valence-electron chi connectivity index (χ1n) is 14.1. The van der Waals surface area contributed by atoms with Gasteiger partial charge in [-0.25, -0.2) is 0 Å². The van der Waals surface area contributed by atoms with Crippen LogP contribution in [0.5, 0.6) is 0 Å². The Morgan fingerprint density at radius 2 is 1.76 bits per heavy atom. The summed E-state index contributed by atoms with van der Waals surface area (Å²) in [5.41, 5.74) is 8.18. The van der Waals surface area contributed by atoms with Crippen molar-refractivity contribution in [2.45, 2.75) is 96.6 Å². The summed E-state index contributed by atoms with van der Waals surface area (Å²) in [6.07, 6.45) is 12.0. The molecule has 4 rings (SSSR count). The van der Waals surface area contributed by atoms with E-state index in [2.05, 4.69) is 64.8 Å². The van der Waals surface area contributed by atoms with Gasteiger partial charge in [-0.2, -0.15) is 0 Å². The maximum absolute atomic E-state index is 13.5. The molecule has 2 heterocycles. The van der Waals surface area contributed by atoms with Gasteiger partial charge in [-0.1, -0.05) is 63.5 Å². The first-order valence-corrected chi connectivity index (χ1v) is 14.1. The lowest BCUT2D eigenvalue weighted by Gasteiger charge is -2.27. The Balaban J connectivity index is 1.55. The van der Waals surface area contributed by atoms with Crippen LogP contribution in [0.25, 0.3) is 11.4 Å². The smallest absolute Gasteiger partial charge is 0.224 e. The molecule has 2 aliphatic rings. The third-order valence-electron chi connectivity index (χ3n) is 8.11. The molecule has 2 amide bonds. The van der Waals surface area contributed by atoms with Crippen molar-refractivity contribution in [3.8, 4) is 11.4 Å². The highest BCUT2D eigenvalue weighted by atomic mass is 16.2. The van der Waals surface area contributed by atoms with Crippen LogP contribution in [0, 0.1) is 17.8 Å². The summed E-state index contributed by atoms with van der Waals surface area (Å²) in [5.74, 6) is 0.906. The summed E-state index contributed by atoms with van der Waals surface area (Å²) in [5, 5.41) is 12.4. The summed E-state index contributed by atoms with van der Waals surface area (Å²) >= 11 is 0. The third kappa shape index (κ3) is 6.49. The van der Waals surface area contributed by atoms with Crippen LogP contribution in [0.1, 0.15) is 101 Å². The van der Waals surface area contributed by atoms with Crippen molar-refractivity contribution >= 4 is 11.8 Å². The molecule has 7 heteroatoms. The van der Waals surface area contributed by atoms with Gasteiger partial charge in [0.2, 0.25) is 11.8 Å². The fourth-order valence-corrected chi connectivity index (χ4v) is 6.13. The number of nitrogens with one attached hydrogen (secondary N) is 1. The molecule has 1 saturated carbocycles. The van der Waals surface area contributed by atoms with Crippen molar-refractivity contribution in [2.24, 2.45) is 23.5 Å². The molecular weight excluding hydrogens is 462 g/mol. The summed E-state index contributed by atoms with van der Waals surface area (Å²) in [7, 11) is 0. The highest BCUT2D eigenvalue weighted by molar-refractivity contribution is 5.87. The van der Waals surface area contributed by atoms with E-state index in [9.17, 15) is 9.59 Å². The number of fused-ring (bicyclic) bond motifs is 1. The molecule has 0 saturated heterocycles. The molecule has 1 aromatic carbocycles. The number of primary amides is 1. The van der Waals surface area contributed by atoms with E-state index in [0.29, 0.717) is 18.8 Å². The van der Waals surface area contributed by atoms with Gasteiger partial charge in [-0.05, 0) is 62.3 Å². The lowest BCUT2D eigenvalue weighted by Crippen LogP contribution is -2.42. The topological polar surface area (TPSA) is 103 Å². The maximum atomic E-state index is 13.5. The average molecular weight is 506 g/mol. The minimum absolute atomic E-state index is 0.140. The molecule has 200 valence electrons. The second-order valence-corrected chi connectivity index (χ2v) is 11.3. The summed E-state index contributed by atoms with van der Waals surface area (Å²) in [6.45, 7) is 8.70. The number of nitrogens with zero attached hydrogens (tertiary/aromatic N) is 3. The molecule has 0 unspecified atom stereocenters. The predicted octanol–water partition coefficient (Wildman–Crippen LogP) is 5.67. The minimum atomic E-state index is -0.568. The van der Waals surface area contributed by atoms with Gasteiger partial charge in [-0.3, -0.25) is 9.59 Å². The molecule has 1 aromatic heterocycles. The SMILES string of the molecule is C=CC[C@H](C(N)=O)[C@@H](CC(C)C)C(=O)N[C@H]1CCCCn2c(-c3ccc(C4CCCCC4)cc3)nnc21. The van der Waals surface area contributed by atoms with E-state index in [0.717, 1.165) is 43.0 Å². The maximum Gasteiger partial charge on any atom is 0.224 e. The molecule has 3 atom stereocenters. The molecule has 37 heavy (non-hydrogen) atoms. The van der Waals surface area contributed by atoms with Crippen molar-refractivity contribution < 1.29 is 9.59 Å². The molecule has 1 aliphatic heterocycles. The summed E-state index contributed by atoms with van der Waals surface area (Å²) in [6, 6.07) is 8.60. The quantitative estimate of drug-likeness (QED) is 0.406. The Morgan fingerprint density at radius 1 is 1.05 bits per heavy atom. The van der Waals surface area contributed by atoms with Gasteiger partial charge in [0.1, 0.15) is 0 Å². The van der Waals surface area contributed by atoms with Crippen LogP contribution in [0.4, 0.5) is 0 Å². The molecular formula is C30H43N5O2. The molecule has 0 spiro atoms. The van der Waals surface area contributed by atoms with E-state index in [-0.39, 0.29) is 17.9 Å². The lowest BCUT2D eigenvalue weighted by atomic mass is 9.82. The van der Waals surface area contributed by atoms with Crippen molar-refractivity contribution in [2.75, 3.05) is 0 Å². The number of rotatable bonds is 10. The number of hydrogen-bond acceptors (Lipinski definition) is 4. The van der Waals surface area contributed by atoms with Crippen molar-refractivity contribution in [3.63, 3.8) is 0 Å². The number of aromatic nitrogens is 3. The highest BCUT2D eigenvalue weighted by Crippen LogP contribution is 2.34. The van der Waals surface area contributed by atoms with Gasteiger partial charge in [0.05, 0.1) is 17.9 Å². The van der Waals surface area contributed by atoms with E-state index in [1.165, 1.54) is 37.7 Å². The van der Waals surface area contributed by atoms with Gasteiger partial charge in [0.25, 0.3) is 0 Å². The molecule has 2 aromatic rings. The number of carbonyl (C=O) groups excluding carboxylic acids is 2. The van der Waals surface area contributed by atoms with E-state index in [1.54, 1.807) is 6.08 Å². The Hall–Kier alpha value is -2.96. The standard InChI is InChI=1S/C30H43N5O2/c1-4-10-24(27(31)36)25(19-20(2)3)30(37)32-26-13-8-9-18-35-28(33-34-29(26)35)23-16-14-22(15-17-23)21-11-6-5-7-12-21/h4,14-17,20-21,24-26H,1,5-13,18-19H2,2-3H3,(H2,31,36)(H,32,37)/t24-,25+,26-/m0/s1. The zero-order valence-corrected chi connectivity index (χ0v) is 22.5. The van der Waals surface area contributed by atoms with Gasteiger partial charge in [0, 0.05) is 12.1 Å². The largest absolute Gasteiger partial charge is 0.369 e. The number of carbonyl (C=O) groups is 2. The number of nitrogens with two attached hydrogens (primary N) is 1. The fourth-order valence-electron chi connectivity index (χ4n) is 6.13. The average Bonchev–Trinajstić information content (AvgIpc) is 3.22. The van der Waals surface area contributed by atoms with Gasteiger partial charge in [0.15, 0.2) is 11.6 Å². The zero-order valence-electron chi connectivity index (χ0n) is 22.5. The van der Waals surface area contributed by atoms with Crippen LogP contribution >= 0.6 is 0 Å². The van der Waals surface area contributed by atoms with Crippen molar-refractivity contribution in [1.29, 1.82) is 0 Å². The van der Waals surface area contributed by atoms with Gasteiger partial charge in [-0.15, -0.1) is 16.8 Å². The molecule has 3 N–H and O–H groups in total. The molecule has 0 bridgehead atoms. The van der Waals surface area contributed by atoms with Crippen molar-refractivity contribution in [1.82, 2.24) is 20.1 Å². The van der Waals surface area contributed by atoms with E-state index >= 15 is 0 Å². The van der Waals surface area contributed by atoms with E-state index in [1.807, 2.05) is 0 Å². The molecule has 1 aliphatic carbocycles. The number of amides is 2. The number of benzene rings is 1. The Kier molecular flexibility index (Phi) is 9.17. The highest BCUT2D eigenvalue weighted by Gasteiger charge is 2.35. The van der Waals surface area contributed by atoms with Crippen LogP contribution in [-0.2, 0) is 16.1 Å². The number of allylic oxidation sites excluding steroid dienone is 1. The van der Waals surface area contributed by atoms with Gasteiger partial charge < -0.3 is 15.6 Å². The normalized spacial score (nSPS) is 20.0. The van der Waals surface area contributed by atoms with Crippen molar-refractivity contribution in [3.05, 3.63) is 48.3 Å². The van der Waals surface area contributed by atoms with Crippen LogP contribution in [0.3, 0.4) is 0 Å².